The van der Waals surface area contributed by atoms with Gasteiger partial charge < -0.3 is 10.4 Å². The van der Waals surface area contributed by atoms with Crippen LogP contribution in [0.15, 0.2) is 6.20 Å². The fourth-order valence-electron chi connectivity index (χ4n) is 2.68. The second-order valence-corrected chi connectivity index (χ2v) is 5.21. The molecule has 0 radical (unpaired) electrons. The van der Waals surface area contributed by atoms with Crippen molar-refractivity contribution in [3.05, 3.63) is 17.5 Å². The van der Waals surface area contributed by atoms with Gasteiger partial charge in [0, 0.05) is 13.6 Å². The highest BCUT2D eigenvalue weighted by atomic mass is 16.4. The Kier molecular flexibility index (Phi) is 4.55. The number of hydrogen-bond acceptors (Lipinski definition) is 4. The number of hydrogen-bond donors (Lipinski definition) is 2. The third kappa shape index (κ3) is 3.33. The van der Waals surface area contributed by atoms with Gasteiger partial charge in [0.25, 0.3) is 0 Å². The van der Waals surface area contributed by atoms with Gasteiger partial charge in [0.05, 0.1) is 11.9 Å². The summed E-state index contributed by atoms with van der Waals surface area (Å²) >= 11 is 0. The third-order valence-electron chi connectivity index (χ3n) is 3.87. The summed E-state index contributed by atoms with van der Waals surface area (Å²) in [6.07, 6.45) is 3.77. The van der Waals surface area contributed by atoms with Crippen molar-refractivity contribution in [3.63, 3.8) is 0 Å². The zero-order chi connectivity index (χ0) is 13.8. The van der Waals surface area contributed by atoms with Crippen molar-refractivity contribution in [2.24, 2.45) is 13.0 Å². The zero-order valence-electron chi connectivity index (χ0n) is 11.6. The van der Waals surface area contributed by atoms with Crippen molar-refractivity contribution in [1.82, 2.24) is 20.0 Å². The summed E-state index contributed by atoms with van der Waals surface area (Å²) in [5.41, 5.74) is 1.11. The summed E-state index contributed by atoms with van der Waals surface area (Å²) in [6, 6.07) is 0. The van der Waals surface area contributed by atoms with Crippen LogP contribution in [0.4, 0.5) is 0 Å². The van der Waals surface area contributed by atoms with Gasteiger partial charge >= 0.3 is 5.97 Å². The fourth-order valence-corrected chi connectivity index (χ4v) is 2.68. The molecule has 1 aromatic rings. The first-order valence-electron chi connectivity index (χ1n) is 6.73. The van der Waals surface area contributed by atoms with E-state index >= 15 is 0 Å². The SMILES string of the molecule is CNCC1CCN(Cc2c(C(=O)O)cnn2C)CC1. The molecule has 0 atom stereocenters. The molecule has 1 aromatic heterocycles. The lowest BCUT2D eigenvalue weighted by Gasteiger charge is -2.31. The lowest BCUT2D eigenvalue weighted by molar-refractivity contribution is 0.0693. The number of aromatic nitrogens is 2. The lowest BCUT2D eigenvalue weighted by Crippen LogP contribution is -2.37. The van der Waals surface area contributed by atoms with E-state index in [1.165, 1.54) is 19.0 Å². The van der Waals surface area contributed by atoms with E-state index < -0.39 is 5.97 Å². The number of nitrogens with one attached hydrogen (secondary N) is 1. The van der Waals surface area contributed by atoms with Crippen LogP contribution in [0, 0.1) is 5.92 Å². The van der Waals surface area contributed by atoms with Gasteiger partial charge in [0.2, 0.25) is 0 Å². The smallest absolute Gasteiger partial charge is 0.339 e. The van der Waals surface area contributed by atoms with E-state index in [1.54, 1.807) is 11.7 Å². The molecule has 2 heterocycles. The van der Waals surface area contributed by atoms with Gasteiger partial charge in [-0.15, -0.1) is 0 Å². The maximum absolute atomic E-state index is 11.1. The van der Waals surface area contributed by atoms with E-state index in [0.717, 1.165) is 31.2 Å². The van der Waals surface area contributed by atoms with Gasteiger partial charge in [-0.2, -0.15) is 5.10 Å². The van der Waals surface area contributed by atoms with Gasteiger partial charge in [-0.05, 0) is 45.4 Å². The van der Waals surface area contributed by atoms with Crippen molar-refractivity contribution in [1.29, 1.82) is 0 Å². The molecule has 1 fully saturated rings. The molecule has 6 heteroatoms. The largest absolute Gasteiger partial charge is 0.478 e. The Labute approximate surface area is 113 Å². The summed E-state index contributed by atoms with van der Waals surface area (Å²) < 4.78 is 1.67. The van der Waals surface area contributed by atoms with E-state index in [0.29, 0.717) is 12.1 Å². The number of rotatable bonds is 5. The van der Waals surface area contributed by atoms with Crippen molar-refractivity contribution < 1.29 is 9.90 Å². The Morgan fingerprint density at radius 2 is 2.21 bits per heavy atom. The highest BCUT2D eigenvalue weighted by Crippen LogP contribution is 2.19. The predicted octanol–water partition coefficient (Wildman–Crippen LogP) is 0.550. The van der Waals surface area contributed by atoms with Crippen LogP contribution in [0.2, 0.25) is 0 Å². The second kappa shape index (κ2) is 6.16. The molecule has 0 aliphatic carbocycles. The molecule has 6 nitrogen and oxygen atoms in total. The second-order valence-electron chi connectivity index (χ2n) is 5.21. The molecule has 0 spiro atoms. The van der Waals surface area contributed by atoms with Crippen molar-refractivity contribution in [2.75, 3.05) is 26.7 Å². The van der Waals surface area contributed by atoms with E-state index in [4.69, 9.17) is 5.11 Å². The summed E-state index contributed by atoms with van der Waals surface area (Å²) in [6.45, 7) is 3.79. The van der Waals surface area contributed by atoms with Crippen molar-refractivity contribution in [2.45, 2.75) is 19.4 Å². The Bertz CT molecular complexity index is 436. The molecule has 1 saturated heterocycles. The first-order valence-corrected chi connectivity index (χ1v) is 6.73. The van der Waals surface area contributed by atoms with Crippen LogP contribution in [-0.2, 0) is 13.6 Å². The van der Waals surface area contributed by atoms with Gasteiger partial charge in [0.15, 0.2) is 0 Å². The quantitative estimate of drug-likeness (QED) is 0.814. The standard InChI is InChI=1S/C13H22N4O2/c1-14-7-10-3-5-17(6-4-10)9-12-11(13(18)19)8-15-16(12)2/h8,10,14H,3-7,9H2,1-2H3,(H,18,19). The number of piperidine rings is 1. The molecule has 0 saturated carbocycles. The first-order chi connectivity index (χ1) is 9.11. The van der Waals surface area contributed by atoms with Gasteiger partial charge in [-0.25, -0.2) is 4.79 Å². The Balaban J connectivity index is 1.96. The predicted molar refractivity (Wildman–Crippen MR) is 72.1 cm³/mol. The average Bonchev–Trinajstić information content (AvgIpc) is 2.74. The summed E-state index contributed by atoms with van der Waals surface area (Å²) in [5, 5.41) is 16.4. The first kappa shape index (κ1) is 14.0. The highest BCUT2D eigenvalue weighted by Gasteiger charge is 2.22. The molecule has 0 amide bonds. The maximum Gasteiger partial charge on any atom is 0.339 e. The lowest BCUT2D eigenvalue weighted by atomic mass is 9.96. The normalized spacial score (nSPS) is 17.8. The Hall–Kier alpha value is -1.40. The van der Waals surface area contributed by atoms with Crippen LogP contribution in [0.1, 0.15) is 28.9 Å². The number of carbonyl (C=O) groups is 1. The minimum Gasteiger partial charge on any atom is -0.478 e. The van der Waals surface area contributed by atoms with E-state index in [9.17, 15) is 4.79 Å². The zero-order valence-corrected chi connectivity index (χ0v) is 11.6. The molecule has 2 N–H and O–H groups in total. The van der Waals surface area contributed by atoms with Gasteiger partial charge in [-0.1, -0.05) is 0 Å². The average molecular weight is 266 g/mol. The number of carboxylic acid groups (broad SMARTS) is 1. The van der Waals surface area contributed by atoms with Gasteiger partial charge in [0.1, 0.15) is 5.56 Å². The number of aryl methyl sites for hydroxylation is 1. The minimum atomic E-state index is -0.895. The van der Waals surface area contributed by atoms with Crippen LogP contribution in [0.25, 0.3) is 0 Å². The topological polar surface area (TPSA) is 70.4 Å². The van der Waals surface area contributed by atoms with Crippen LogP contribution in [-0.4, -0.2) is 52.4 Å². The summed E-state index contributed by atoms with van der Waals surface area (Å²) in [7, 11) is 3.79. The molecular weight excluding hydrogens is 244 g/mol. The molecular formula is C13H22N4O2. The minimum absolute atomic E-state index is 0.319. The van der Waals surface area contributed by atoms with Gasteiger partial charge in [-0.3, -0.25) is 9.58 Å². The number of likely N-dealkylation sites (tertiary alicyclic amines) is 1. The molecule has 2 rings (SSSR count). The van der Waals surface area contributed by atoms with Crippen LogP contribution in [0.3, 0.4) is 0 Å². The number of nitrogens with zero attached hydrogens (tertiary/aromatic N) is 3. The Morgan fingerprint density at radius 1 is 1.53 bits per heavy atom. The molecule has 19 heavy (non-hydrogen) atoms. The number of aromatic carboxylic acids is 1. The van der Waals surface area contributed by atoms with Crippen molar-refractivity contribution >= 4 is 5.97 Å². The monoisotopic (exact) mass is 266 g/mol. The van der Waals surface area contributed by atoms with E-state index in [2.05, 4.69) is 15.3 Å². The third-order valence-corrected chi connectivity index (χ3v) is 3.87. The van der Waals surface area contributed by atoms with E-state index in [-0.39, 0.29) is 0 Å². The molecule has 1 aliphatic rings. The summed E-state index contributed by atoms with van der Waals surface area (Å²) in [4.78, 5) is 13.4. The van der Waals surface area contributed by atoms with Crippen LogP contribution in [0.5, 0.6) is 0 Å². The molecule has 0 unspecified atom stereocenters. The fraction of sp³-hybridized carbons (Fsp3) is 0.692. The van der Waals surface area contributed by atoms with Crippen molar-refractivity contribution in [3.8, 4) is 0 Å². The van der Waals surface area contributed by atoms with Crippen LogP contribution >= 0.6 is 0 Å². The molecule has 1 aliphatic heterocycles. The summed E-state index contributed by atoms with van der Waals surface area (Å²) in [5.74, 6) is -0.153. The Morgan fingerprint density at radius 3 is 2.79 bits per heavy atom. The highest BCUT2D eigenvalue weighted by molar-refractivity contribution is 5.88. The van der Waals surface area contributed by atoms with Crippen LogP contribution < -0.4 is 5.32 Å². The number of carboxylic acids is 1. The molecule has 0 bridgehead atoms. The maximum atomic E-state index is 11.1. The molecule has 106 valence electrons. The molecule has 0 aromatic carbocycles. The van der Waals surface area contributed by atoms with E-state index in [1.807, 2.05) is 7.05 Å².